The first-order valence-corrected chi connectivity index (χ1v) is 20.6. The van der Waals surface area contributed by atoms with Crippen molar-refractivity contribution >= 4 is 33.2 Å². The molecule has 5 aliphatic carbocycles. The number of allylic oxidation sites excluding steroid dienone is 4. The van der Waals surface area contributed by atoms with Crippen LogP contribution in [-0.4, -0.2) is 104 Å². The van der Waals surface area contributed by atoms with Crippen LogP contribution in [0.25, 0.3) is 0 Å². The van der Waals surface area contributed by atoms with E-state index in [4.69, 9.17) is 9.47 Å². The molecule has 11 nitrogen and oxygen atoms in total. The number of carbonyl (C=O) groups excluding carboxylic acids is 2. The molecule has 0 aromatic heterocycles. The van der Waals surface area contributed by atoms with Gasteiger partial charge in [0.25, 0.3) is 0 Å². The number of ether oxygens (including phenoxy) is 2. The fourth-order valence-corrected chi connectivity index (χ4v) is 13.7. The summed E-state index contributed by atoms with van der Waals surface area (Å²) in [6.45, 7) is 1.94. The van der Waals surface area contributed by atoms with Gasteiger partial charge in [-0.3, -0.25) is 14.9 Å². The van der Waals surface area contributed by atoms with Crippen LogP contribution >= 0.6 is 21.6 Å². The standard InChI is InChI=1S/C36H50N2O9S2/c1-19-13-22-28(41)21-5-4-6-23-27(21)29(42)35(22,25(40)14-19)17-48-49-18-38-26-15-20(8-12-37-26)33(9-2-3-10-33)24-7-11-34(16-39)32(44)36(24,45)30(43)31(46-23)47-34/h7,11,13-14,20-24,26-27,30-32,37-40,43-45H,2-6,8-10,12,15-18H2,1H3/t20?,21?,22-,23?,24-,26?,27?,30-,31+,32+,34-,35-,36+/m0/s1. The van der Waals surface area contributed by atoms with Gasteiger partial charge in [0.1, 0.15) is 40.4 Å². The second kappa shape index (κ2) is 12.7. The molecule has 3 saturated heterocycles. The average Bonchev–Trinajstić information content (AvgIpc) is 3.59. The first kappa shape index (κ1) is 34.8. The maximum Gasteiger partial charge on any atom is 0.188 e. The number of rotatable bonds is 1. The highest BCUT2D eigenvalue weighted by atomic mass is 33.1. The predicted molar refractivity (Wildman–Crippen MR) is 184 cm³/mol. The number of aliphatic hydroxyl groups excluding tert-OH is 4. The minimum absolute atomic E-state index is 0.0105. The average molecular weight is 719 g/mol. The zero-order valence-corrected chi connectivity index (χ0v) is 29.6. The number of nitrogens with one attached hydrogen (secondary N) is 2. The van der Waals surface area contributed by atoms with Crippen molar-refractivity contribution in [1.82, 2.24) is 10.6 Å². The molecule has 13 heteroatoms. The fraction of sp³-hybridized carbons (Fsp3) is 0.778. The van der Waals surface area contributed by atoms with Crippen molar-refractivity contribution in [2.24, 2.45) is 40.4 Å². The fourth-order valence-electron chi connectivity index (χ4n) is 11.3. The third-order valence-electron chi connectivity index (χ3n) is 13.8. The second-order valence-corrected chi connectivity index (χ2v) is 18.4. The molecule has 13 atom stereocenters. The lowest BCUT2D eigenvalue weighted by atomic mass is 9.52. The van der Waals surface area contributed by atoms with Gasteiger partial charge in [0, 0.05) is 17.6 Å². The summed E-state index contributed by atoms with van der Waals surface area (Å²) in [4.78, 5) is 29.3. The van der Waals surface area contributed by atoms with Gasteiger partial charge < -0.3 is 40.3 Å². The number of hydrogen-bond donors (Lipinski definition) is 7. The first-order chi connectivity index (χ1) is 23.5. The van der Waals surface area contributed by atoms with Crippen molar-refractivity contribution in [3.8, 4) is 0 Å². The van der Waals surface area contributed by atoms with E-state index in [2.05, 4.69) is 10.6 Å². The number of hydrogen-bond acceptors (Lipinski definition) is 13. The van der Waals surface area contributed by atoms with Crippen LogP contribution in [0, 0.1) is 40.4 Å². The molecule has 0 amide bonds. The van der Waals surface area contributed by atoms with E-state index in [0.717, 1.165) is 50.6 Å². The van der Waals surface area contributed by atoms with Crippen LogP contribution in [0.4, 0.5) is 0 Å². The molecular formula is C36H50N2O9S2. The Kier molecular flexibility index (Phi) is 9.02. The molecule has 8 rings (SSSR count). The highest BCUT2D eigenvalue weighted by Gasteiger charge is 2.71. The number of piperidine rings is 1. The molecule has 49 heavy (non-hydrogen) atoms. The molecule has 270 valence electrons. The molecular weight excluding hydrogens is 669 g/mol. The zero-order chi connectivity index (χ0) is 34.3. The van der Waals surface area contributed by atoms with E-state index in [1.807, 2.05) is 19.1 Å². The molecule has 3 heterocycles. The van der Waals surface area contributed by atoms with Gasteiger partial charge in [0.15, 0.2) is 12.1 Å². The van der Waals surface area contributed by atoms with E-state index in [0.29, 0.717) is 25.1 Å². The van der Waals surface area contributed by atoms with Crippen LogP contribution in [0.15, 0.2) is 35.6 Å². The van der Waals surface area contributed by atoms with Gasteiger partial charge >= 0.3 is 0 Å². The van der Waals surface area contributed by atoms with Crippen molar-refractivity contribution in [1.29, 1.82) is 0 Å². The van der Waals surface area contributed by atoms with Gasteiger partial charge in [0.2, 0.25) is 0 Å². The lowest BCUT2D eigenvalue weighted by Crippen LogP contribution is -2.78. The van der Waals surface area contributed by atoms with E-state index < -0.39 is 76.9 Å². The van der Waals surface area contributed by atoms with Crippen LogP contribution in [0.3, 0.4) is 0 Å². The van der Waals surface area contributed by atoms with Crippen molar-refractivity contribution in [3.63, 3.8) is 0 Å². The van der Waals surface area contributed by atoms with E-state index >= 15 is 0 Å². The first-order valence-electron chi connectivity index (χ1n) is 18.1. The quantitative estimate of drug-likeness (QED) is 0.156. The van der Waals surface area contributed by atoms with Gasteiger partial charge in [-0.2, -0.15) is 0 Å². The number of Topliss-reactive ketones (excluding diaryl/α,β-unsaturated/α-hetero) is 2. The Morgan fingerprint density at radius 3 is 2.63 bits per heavy atom. The molecule has 7 N–H and O–H groups in total. The molecule has 0 aromatic carbocycles. The summed E-state index contributed by atoms with van der Waals surface area (Å²) in [6.07, 6.45) is 8.04. The van der Waals surface area contributed by atoms with Crippen LogP contribution in [0.2, 0.25) is 0 Å². The largest absolute Gasteiger partial charge is 0.511 e. The molecule has 0 aromatic rings. The third kappa shape index (κ3) is 5.00. The SMILES string of the molecule is CC1=C[C@H]2C(=O)C3CCCC4O[C@@H]5O[C@]6(CO)C=C[C@@H](C7(CCCC7)C7CCNC(C7)NCSSC[C@@]2(C(=O)C43)C(O)=C1)[C@@](O)([C@H]5O)[C@@H]6O. The molecule has 7 bridgehead atoms. The summed E-state index contributed by atoms with van der Waals surface area (Å²) in [5.74, 6) is -2.47. The Bertz CT molecular complexity index is 1450. The third-order valence-corrected chi connectivity index (χ3v) is 16.0. The van der Waals surface area contributed by atoms with Gasteiger partial charge in [-0.05, 0) is 69.4 Å². The summed E-state index contributed by atoms with van der Waals surface area (Å²) in [7, 11) is 3.04. The molecule has 2 spiro atoms. The van der Waals surface area contributed by atoms with Gasteiger partial charge in [-0.25, -0.2) is 0 Å². The van der Waals surface area contributed by atoms with Crippen LogP contribution < -0.4 is 10.6 Å². The molecule has 6 fully saturated rings. The van der Waals surface area contributed by atoms with Gasteiger partial charge in [-0.1, -0.05) is 64.7 Å². The van der Waals surface area contributed by atoms with E-state index in [1.165, 1.54) is 10.8 Å². The number of fused-ring (bicyclic) bond motifs is 6. The van der Waals surface area contributed by atoms with Crippen LogP contribution in [-0.2, 0) is 19.1 Å². The van der Waals surface area contributed by atoms with E-state index in [9.17, 15) is 35.1 Å². The summed E-state index contributed by atoms with van der Waals surface area (Å²) < 4.78 is 12.9. The van der Waals surface area contributed by atoms with Crippen molar-refractivity contribution < 1.29 is 44.6 Å². The summed E-state index contributed by atoms with van der Waals surface area (Å²) in [5.41, 5.74) is -4.98. The molecule has 5 unspecified atom stereocenters. The molecule has 3 aliphatic heterocycles. The topological polar surface area (TPSA) is 178 Å². The number of ketones is 2. The smallest absolute Gasteiger partial charge is 0.188 e. The Balaban J connectivity index is 1.23. The Hall–Kier alpha value is -1.26. The predicted octanol–water partition coefficient (Wildman–Crippen LogP) is 2.50. The summed E-state index contributed by atoms with van der Waals surface area (Å²) in [6, 6.07) is 0. The van der Waals surface area contributed by atoms with Crippen LogP contribution in [0.1, 0.15) is 64.7 Å². The lowest BCUT2D eigenvalue weighted by Gasteiger charge is -2.62. The second-order valence-electron chi connectivity index (χ2n) is 16.0. The highest BCUT2D eigenvalue weighted by Crippen LogP contribution is 2.62. The van der Waals surface area contributed by atoms with E-state index in [-0.39, 0.29) is 35.2 Å². The Morgan fingerprint density at radius 1 is 1.06 bits per heavy atom. The van der Waals surface area contributed by atoms with Gasteiger partial charge in [0.05, 0.1) is 36.6 Å². The summed E-state index contributed by atoms with van der Waals surface area (Å²) >= 11 is 0. The minimum atomic E-state index is -2.12. The Morgan fingerprint density at radius 2 is 1.86 bits per heavy atom. The minimum Gasteiger partial charge on any atom is -0.511 e. The number of carbonyl (C=O) groups is 2. The molecule has 0 radical (unpaired) electrons. The highest BCUT2D eigenvalue weighted by molar-refractivity contribution is 8.76. The lowest BCUT2D eigenvalue weighted by molar-refractivity contribution is -0.381. The van der Waals surface area contributed by atoms with Gasteiger partial charge in [-0.15, -0.1) is 0 Å². The maximum absolute atomic E-state index is 14.9. The van der Waals surface area contributed by atoms with E-state index in [1.54, 1.807) is 22.9 Å². The monoisotopic (exact) mass is 718 g/mol. The number of aliphatic hydroxyl groups is 5. The molecule has 3 saturated carbocycles. The zero-order valence-electron chi connectivity index (χ0n) is 28.0. The Labute approximate surface area is 295 Å². The maximum atomic E-state index is 14.9. The van der Waals surface area contributed by atoms with Crippen molar-refractivity contribution in [3.05, 3.63) is 35.6 Å². The summed E-state index contributed by atoms with van der Waals surface area (Å²) in [5, 5.41) is 66.5. The normalized spacial score (nSPS) is 49.5. The van der Waals surface area contributed by atoms with Crippen molar-refractivity contribution in [2.45, 2.75) is 107 Å². The molecule has 8 aliphatic rings. The van der Waals surface area contributed by atoms with Crippen LogP contribution in [0.5, 0.6) is 0 Å². The van der Waals surface area contributed by atoms with Crippen molar-refractivity contribution in [2.75, 3.05) is 24.8 Å².